The minimum atomic E-state index is -0.284. The number of carbonyl (C=O) groups excluding carboxylic acids is 2. The van der Waals surface area contributed by atoms with Crippen LogP contribution in [-0.2, 0) is 17.8 Å². The lowest BCUT2D eigenvalue weighted by Crippen LogP contribution is -2.24. The third-order valence-corrected chi connectivity index (χ3v) is 4.91. The van der Waals surface area contributed by atoms with Crippen molar-refractivity contribution in [3.8, 4) is 5.75 Å². The Hall–Kier alpha value is -3.13. The van der Waals surface area contributed by atoms with Crippen LogP contribution in [0, 0.1) is 6.92 Å². The standard InChI is InChI=1S/C21H23N3O4S/c1-3-9-28-17-6-4-15(5-7-17)12-22-19(25)11-16-13-29-21(23-16)24-20(26)18-8-10-27-14(18)2/h4-8,10,13H,3,9,11-12H2,1-2H3,(H,22,25)(H,23,24,26). The molecule has 0 unspecified atom stereocenters. The SMILES string of the molecule is CCCOc1ccc(CNC(=O)Cc2csc(NC(=O)c3ccoc3C)n2)cc1. The van der Waals surface area contributed by atoms with Crippen molar-refractivity contribution in [1.29, 1.82) is 0 Å². The van der Waals surface area contributed by atoms with Gasteiger partial charge >= 0.3 is 0 Å². The van der Waals surface area contributed by atoms with E-state index in [0.717, 1.165) is 17.7 Å². The van der Waals surface area contributed by atoms with Gasteiger partial charge in [0.25, 0.3) is 5.91 Å². The second-order valence-electron chi connectivity index (χ2n) is 6.43. The second-order valence-corrected chi connectivity index (χ2v) is 7.29. The van der Waals surface area contributed by atoms with Gasteiger partial charge in [-0.25, -0.2) is 4.98 Å². The summed E-state index contributed by atoms with van der Waals surface area (Å²) < 4.78 is 10.7. The van der Waals surface area contributed by atoms with Crippen molar-refractivity contribution in [3.63, 3.8) is 0 Å². The van der Waals surface area contributed by atoms with Crippen LogP contribution in [0.5, 0.6) is 5.75 Å². The average molecular weight is 413 g/mol. The summed E-state index contributed by atoms with van der Waals surface area (Å²) in [7, 11) is 0. The van der Waals surface area contributed by atoms with Gasteiger partial charge in [0.15, 0.2) is 5.13 Å². The van der Waals surface area contributed by atoms with E-state index in [9.17, 15) is 9.59 Å². The number of hydrogen-bond donors (Lipinski definition) is 2. The maximum Gasteiger partial charge on any atom is 0.260 e. The number of nitrogens with one attached hydrogen (secondary N) is 2. The predicted octanol–water partition coefficient (Wildman–Crippen LogP) is 3.94. The molecule has 1 aromatic carbocycles. The molecule has 0 aliphatic rings. The molecule has 2 N–H and O–H groups in total. The van der Waals surface area contributed by atoms with Crippen LogP contribution in [0.4, 0.5) is 5.13 Å². The smallest absolute Gasteiger partial charge is 0.260 e. The molecule has 2 amide bonds. The lowest BCUT2D eigenvalue weighted by Gasteiger charge is -2.07. The highest BCUT2D eigenvalue weighted by Gasteiger charge is 2.14. The van der Waals surface area contributed by atoms with Crippen molar-refractivity contribution >= 4 is 28.3 Å². The van der Waals surface area contributed by atoms with Crippen molar-refractivity contribution in [2.24, 2.45) is 0 Å². The summed E-state index contributed by atoms with van der Waals surface area (Å²) in [6, 6.07) is 9.26. The fourth-order valence-electron chi connectivity index (χ4n) is 2.58. The van der Waals surface area contributed by atoms with Crippen molar-refractivity contribution in [2.45, 2.75) is 33.2 Å². The van der Waals surface area contributed by atoms with E-state index in [0.29, 0.717) is 35.3 Å². The van der Waals surface area contributed by atoms with Crippen LogP contribution in [0.1, 0.15) is 40.7 Å². The Morgan fingerprint density at radius 1 is 1.21 bits per heavy atom. The monoisotopic (exact) mass is 413 g/mol. The fraction of sp³-hybridized carbons (Fsp3) is 0.286. The summed E-state index contributed by atoms with van der Waals surface area (Å²) in [4.78, 5) is 28.7. The van der Waals surface area contributed by atoms with E-state index in [1.165, 1.54) is 17.6 Å². The molecule has 152 valence electrons. The van der Waals surface area contributed by atoms with Gasteiger partial charge in [0.05, 0.1) is 30.5 Å². The molecule has 0 atom stereocenters. The Morgan fingerprint density at radius 3 is 2.69 bits per heavy atom. The maximum absolute atomic E-state index is 12.2. The molecule has 0 radical (unpaired) electrons. The van der Waals surface area contributed by atoms with Crippen LogP contribution in [0.25, 0.3) is 0 Å². The van der Waals surface area contributed by atoms with Crippen molar-refractivity contribution in [3.05, 3.63) is 64.6 Å². The number of anilines is 1. The highest BCUT2D eigenvalue weighted by molar-refractivity contribution is 7.14. The Balaban J connectivity index is 1.46. The first-order valence-corrected chi connectivity index (χ1v) is 10.2. The summed E-state index contributed by atoms with van der Waals surface area (Å²) in [5, 5.41) is 7.80. The topological polar surface area (TPSA) is 93.5 Å². The van der Waals surface area contributed by atoms with Crippen LogP contribution >= 0.6 is 11.3 Å². The third kappa shape index (κ3) is 5.92. The summed E-state index contributed by atoms with van der Waals surface area (Å²) in [6.45, 7) is 4.90. The highest BCUT2D eigenvalue weighted by atomic mass is 32.1. The van der Waals surface area contributed by atoms with E-state index in [2.05, 4.69) is 22.5 Å². The van der Waals surface area contributed by atoms with Crippen molar-refractivity contribution < 1.29 is 18.7 Å². The lowest BCUT2D eigenvalue weighted by molar-refractivity contribution is -0.120. The first-order chi connectivity index (χ1) is 14.0. The predicted molar refractivity (Wildman–Crippen MR) is 111 cm³/mol. The first kappa shape index (κ1) is 20.6. The number of hydrogen-bond acceptors (Lipinski definition) is 6. The Labute approximate surface area is 173 Å². The largest absolute Gasteiger partial charge is 0.494 e. The van der Waals surface area contributed by atoms with Gasteiger partial charge < -0.3 is 14.5 Å². The molecule has 0 spiro atoms. The van der Waals surface area contributed by atoms with Crippen LogP contribution in [0.2, 0.25) is 0 Å². The zero-order valence-corrected chi connectivity index (χ0v) is 17.2. The van der Waals surface area contributed by atoms with Crippen LogP contribution in [0.3, 0.4) is 0 Å². The van der Waals surface area contributed by atoms with Crippen molar-refractivity contribution in [2.75, 3.05) is 11.9 Å². The number of aromatic nitrogens is 1. The van der Waals surface area contributed by atoms with E-state index in [1.807, 2.05) is 24.3 Å². The molecule has 2 aromatic heterocycles. The van der Waals surface area contributed by atoms with Crippen LogP contribution in [-0.4, -0.2) is 23.4 Å². The molecular weight excluding hydrogens is 390 g/mol. The minimum absolute atomic E-state index is 0.134. The van der Waals surface area contributed by atoms with Gasteiger partial charge in [0.1, 0.15) is 11.5 Å². The zero-order chi connectivity index (χ0) is 20.6. The molecule has 0 aliphatic carbocycles. The molecule has 0 aliphatic heterocycles. The Kier molecular flexibility index (Phi) is 7.02. The molecule has 3 rings (SSSR count). The molecule has 29 heavy (non-hydrogen) atoms. The highest BCUT2D eigenvalue weighted by Crippen LogP contribution is 2.18. The van der Waals surface area contributed by atoms with Gasteiger partial charge in [-0.15, -0.1) is 11.3 Å². The number of carbonyl (C=O) groups is 2. The summed E-state index contributed by atoms with van der Waals surface area (Å²) in [6.07, 6.45) is 2.57. The van der Waals surface area contributed by atoms with Gasteiger partial charge in [-0.1, -0.05) is 19.1 Å². The molecule has 0 bridgehead atoms. The average Bonchev–Trinajstić information content (AvgIpc) is 3.34. The minimum Gasteiger partial charge on any atom is -0.494 e. The molecule has 0 fully saturated rings. The number of benzene rings is 1. The van der Waals surface area contributed by atoms with Crippen molar-refractivity contribution in [1.82, 2.24) is 10.3 Å². The van der Waals surface area contributed by atoms with E-state index < -0.39 is 0 Å². The molecule has 3 aromatic rings. The van der Waals surface area contributed by atoms with Gasteiger partial charge in [0.2, 0.25) is 5.91 Å². The van der Waals surface area contributed by atoms with Gasteiger partial charge in [0, 0.05) is 11.9 Å². The number of furan rings is 1. The molecule has 2 heterocycles. The van der Waals surface area contributed by atoms with Gasteiger partial charge in [-0.05, 0) is 37.1 Å². The normalized spacial score (nSPS) is 10.6. The lowest BCUT2D eigenvalue weighted by atomic mass is 10.2. The number of thiazole rings is 1. The number of aryl methyl sites for hydroxylation is 1. The summed E-state index contributed by atoms with van der Waals surface area (Å²) >= 11 is 1.28. The zero-order valence-electron chi connectivity index (χ0n) is 16.4. The number of rotatable bonds is 9. The Bertz CT molecular complexity index is 962. The third-order valence-electron chi connectivity index (χ3n) is 4.10. The van der Waals surface area contributed by atoms with Crippen LogP contribution < -0.4 is 15.4 Å². The summed E-state index contributed by atoms with van der Waals surface area (Å²) in [5.41, 5.74) is 2.06. The van der Waals surface area contributed by atoms with E-state index >= 15 is 0 Å². The van der Waals surface area contributed by atoms with E-state index in [1.54, 1.807) is 18.4 Å². The number of amides is 2. The molecule has 0 saturated heterocycles. The first-order valence-electron chi connectivity index (χ1n) is 9.33. The van der Waals surface area contributed by atoms with Gasteiger partial charge in [-0.2, -0.15) is 0 Å². The molecule has 7 nitrogen and oxygen atoms in total. The fourth-order valence-corrected chi connectivity index (χ4v) is 3.29. The molecular formula is C21H23N3O4S. The Morgan fingerprint density at radius 2 is 2.00 bits per heavy atom. The van der Waals surface area contributed by atoms with E-state index in [4.69, 9.17) is 9.15 Å². The second kappa shape index (κ2) is 9.88. The molecule has 0 saturated carbocycles. The quantitative estimate of drug-likeness (QED) is 0.554. The molecule has 8 heteroatoms. The summed E-state index contributed by atoms with van der Waals surface area (Å²) in [5.74, 6) is 0.950. The maximum atomic E-state index is 12.2. The van der Waals surface area contributed by atoms with E-state index in [-0.39, 0.29) is 18.2 Å². The number of ether oxygens (including phenoxy) is 1. The van der Waals surface area contributed by atoms with Gasteiger partial charge in [-0.3, -0.25) is 14.9 Å². The number of nitrogens with zero attached hydrogens (tertiary/aromatic N) is 1. The van der Waals surface area contributed by atoms with Crippen LogP contribution in [0.15, 0.2) is 46.4 Å².